The highest BCUT2D eigenvalue weighted by atomic mass is 16.6. The zero-order chi connectivity index (χ0) is 47.0. The van der Waals surface area contributed by atoms with Crippen LogP contribution >= 0.6 is 0 Å². The number of hydrogen-bond donors (Lipinski definition) is 3. The Kier molecular flexibility index (Phi) is 12.3. The number of anilines is 4. The van der Waals surface area contributed by atoms with Crippen molar-refractivity contribution in [1.29, 1.82) is 0 Å². The van der Waals surface area contributed by atoms with Crippen molar-refractivity contribution in [2.24, 2.45) is 22.1 Å². The Bertz CT molecular complexity index is 2700. The van der Waals surface area contributed by atoms with Gasteiger partial charge in [-0.3, -0.25) is 10.2 Å². The van der Waals surface area contributed by atoms with Crippen molar-refractivity contribution in [1.82, 2.24) is 20.4 Å². The number of aromatic nitrogens is 4. The Labute approximate surface area is 395 Å². The molecule has 4 aliphatic carbocycles. The molecule has 67 heavy (non-hydrogen) atoms. The molecule has 10 rings (SSSR count). The van der Waals surface area contributed by atoms with E-state index in [0.717, 1.165) is 78.1 Å². The third kappa shape index (κ3) is 8.72. The van der Waals surface area contributed by atoms with E-state index in [9.17, 15) is 5.21 Å². The lowest BCUT2D eigenvalue weighted by molar-refractivity contribution is 0.212. The SMILES string of the molecule is CN(C)c1ccc(C2(c3ccc(N(C)C)cc3)C=Cc3c(C(=NO)C4CC4)n[nH]c3C2)cc1.CON=C(c1n[nH]c2c1C=CC(c1ccc(N(C)C)cc1)(c1ccc(N(C)C)cc1)C2)C1CC1. The molecule has 6 aromatic rings. The van der Waals surface area contributed by atoms with Crippen molar-refractivity contribution >= 4 is 46.3 Å². The largest absolute Gasteiger partial charge is 0.411 e. The summed E-state index contributed by atoms with van der Waals surface area (Å²) in [6.07, 6.45) is 15.0. The minimum Gasteiger partial charge on any atom is -0.411 e. The summed E-state index contributed by atoms with van der Waals surface area (Å²) in [5, 5.41) is 33.4. The molecule has 0 saturated heterocycles. The van der Waals surface area contributed by atoms with E-state index in [1.54, 1.807) is 7.11 Å². The average Bonchev–Trinajstić information content (AvgIpc) is 4.29. The van der Waals surface area contributed by atoms with Crippen LogP contribution < -0.4 is 19.6 Å². The molecular formula is C55H64N10O2. The number of nitrogens with zero attached hydrogens (tertiary/aromatic N) is 8. The van der Waals surface area contributed by atoms with Gasteiger partial charge in [-0.25, -0.2) is 0 Å². The number of oxime groups is 2. The van der Waals surface area contributed by atoms with Crippen LogP contribution in [0.15, 0.2) is 120 Å². The number of benzene rings is 4. The fraction of sp³-hybridized carbons (Fsp3) is 0.345. The molecule has 4 aromatic carbocycles. The summed E-state index contributed by atoms with van der Waals surface area (Å²) < 4.78 is 0. The van der Waals surface area contributed by atoms with Gasteiger partial charge >= 0.3 is 0 Å². The number of rotatable bonds is 13. The first kappa shape index (κ1) is 45.1. The second-order valence-electron chi connectivity index (χ2n) is 19.3. The number of nitrogens with one attached hydrogen (secondary N) is 2. The van der Waals surface area contributed by atoms with Crippen molar-refractivity contribution in [3.63, 3.8) is 0 Å². The van der Waals surface area contributed by atoms with Crippen molar-refractivity contribution in [2.45, 2.75) is 49.4 Å². The second-order valence-corrected chi connectivity index (χ2v) is 19.3. The van der Waals surface area contributed by atoms with Gasteiger partial charge in [0.05, 0.1) is 0 Å². The van der Waals surface area contributed by atoms with E-state index in [0.29, 0.717) is 17.5 Å². The zero-order valence-electron chi connectivity index (χ0n) is 40.4. The Morgan fingerprint density at radius 1 is 0.522 bits per heavy atom. The van der Waals surface area contributed by atoms with Crippen LogP contribution in [0.2, 0.25) is 0 Å². The summed E-state index contributed by atoms with van der Waals surface area (Å²) in [7, 11) is 18.1. The molecule has 2 saturated carbocycles. The van der Waals surface area contributed by atoms with Gasteiger partial charge in [-0.05, 0) is 96.5 Å². The molecule has 12 nitrogen and oxygen atoms in total. The first-order valence-corrected chi connectivity index (χ1v) is 23.3. The topological polar surface area (TPSA) is 124 Å². The Morgan fingerprint density at radius 3 is 1.12 bits per heavy atom. The molecule has 0 spiro atoms. The molecule has 4 aliphatic rings. The Morgan fingerprint density at radius 2 is 0.836 bits per heavy atom. The van der Waals surface area contributed by atoms with Crippen LogP contribution in [0.4, 0.5) is 22.7 Å². The molecule has 0 radical (unpaired) electrons. The smallest absolute Gasteiger partial charge is 0.117 e. The Balaban J connectivity index is 0.000000168. The molecule has 0 unspecified atom stereocenters. The molecule has 2 heterocycles. The fourth-order valence-electron chi connectivity index (χ4n) is 9.72. The zero-order valence-corrected chi connectivity index (χ0v) is 40.4. The highest BCUT2D eigenvalue weighted by molar-refractivity contribution is 6.05. The van der Waals surface area contributed by atoms with Gasteiger partial charge in [0.1, 0.15) is 29.9 Å². The monoisotopic (exact) mass is 897 g/mol. The lowest BCUT2D eigenvalue weighted by Crippen LogP contribution is -2.31. The quantitative estimate of drug-likeness (QED) is 0.0595. The summed E-state index contributed by atoms with van der Waals surface area (Å²) in [6, 6.07) is 35.4. The van der Waals surface area contributed by atoms with Gasteiger partial charge in [0.25, 0.3) is 0 Å². The molecule has 3 N–H and O–H groups in total. The number of fused-ring (bicyclic) bond motifs is 2. The lowest BCUT2D eigenvalue weighted by Gasteiger charge is -2.35. The summed E-state index contributed by atoms with van der Waals surface area (Å²) >= 11 is 0. The predicted octanol–water partition coefficient (Wildman–Crippen LogP) is 9.54. The molecule has 2 aromatic heterocycles. The van der Waals surface area contributed by atoms with Crippen LogP contribution in [0.25, 0.3) is 12.2 Å². The van der Waals surface area contributed by atoms with E-state index in [-0.39, 0.29) is 10.8 Å². The van der Waals surface area contributed by atoms with Crippen LogP contribution in [-0.2, 0) is 28.5 Å². The van der Waals surface area contributed by atoms with Gasteiger partial charge in [-0.2, -0.15) is 10.2 Å². The van der Waals surface area contributed by atoms with Gasteiger partial charge in [-0.1, -0.05) is 83.1 Å². The van der Waals surface area contributed by atoms with E-state index in [2.05, 4.69) is 223 Å². The standard InChI is InChI=1S/C28H33N5O.C27H31N5O/c1-32(2)22-12-8-20(9-13-22)28(21-10-14-23(15-11-21)33(3)4)17-16-24-25(18-28)29-30-27(24)26(31-34-5)19-6-7-19;1-31(2)21-11-7-19(8-12-21)27(20-9-13-22(14-10-20)32(3)4)16-15-23-24(17-27)28-29-26(23)25(30-33)18-5-6-18/h8-17,19H,6-7,18H2,1-5H3,(H,29,30);7-16,18,33H,5-6,17H2,1-4H3,(H,28,29). The van der Waals surface area contributed by atoms with E-state index < -0.39 is 0 Å². The third-order valence-electron chi connectivity index (χ3n) is 14.1. The molecule has 0 bridgehead atoms. The summed E-state index contributed by atoms with van der Waals surface area (Å²) in [5.74, 6) is 0.768. The van der Waals surface area contributed by atoms with Crippen LogP contribution in [-0.4, -0.2) is 101 Å². The first-order valence-electron chi connectivity index (χ1n) is 23.3. The van der Waals surface area contributed by atoms with Crippen molar-refractivity contribution in [2.75, 3.05) is 83.1 Å². The molecule has 0 atom stereocenters. The number of hydrogen-bond acceptors (Lipinski definition) is 10. The van der Waals surface area contributed by atoms with E-state index in [1.807, 2.05) is 0 Å². The number of allylic oxidation sites excluding steroid dienone is 2. The maximum Gasteiger partial charge on any atom is 0.117 e. The average molecular weight is 897 g/mol. The van der Waals surface area contributed by atoms with Crippen molar-refractivity contribution in [3.05, 3.63) is 165 Å². The predicted molar refractivity (Wildman–Crippen MR) is 275 cm³/mol. The molecule has 0 amide bonds. The van der Waals surface area contributed by atoms with Crippen LogP contribution in [0.5, 0.6) is 0 Å². The second kappa shape index (κ2) is 18.3. The first-order chi connectivity index (χ1) is 32.3. The maximum absolute atomic E-state index is 9.61. The highest BCUT2D eigenvalue weighted by Crippen LogP contribution is 2.46. The molecular weight excluding hydrogens is 833 g/mol. The Hall–Kier alpha value is -7.08. The molecule has 0 aliphatic heterocycles. The van der Waals surface area contributed by atoms with Gasteiger partial charge in [0.2, 0.25) is 0 Å². The third-order valence-corrected chi connectivity index (χ3v) is 14.1. The minimum atomic E-state index is -0.317. The van der Waals surface area contributed by atoms with Crippen molar-refractivity contribution in [3.8, 4) is 0 Å². The molecule has 346 valence electrons. The summed E-state index contributed by atoms with van der Waals surface area (Å²) in [6.45, 7) is 0. The lowest BCUT2D eigenvalue weighted by atomic mass is 9.68. The summed E-state index contributed by atoms with van der Waals surface area (Å²) in [5.41, 5.74) is 16.9. The van der Waals surface area contributed by atoms with Gasteiger partial charge in [0.15, 0.2) is 0 Å². The van der Waals surface area contributed by atoms with E-state index in [4.69, 9.17) is 9.94 Å². The van der Waals surface area contributed by atoms with Gasteiger partial charge in [0, 0.05) is 137 Å². The fourth-order valence-corrected chi connectivity index (χ4v) is 9.72. The van der Waals surface area contributed by atoms with Gasteiger partial charge in [-0.15, -0.1) is 0 Å². The molecule has 2 fully saturated rings. The number of H-pyrrole nitrogens is 2. The summed E-state index contributed by atoms with van der Waals surface area (Å²) in [4.78, 5) is 13.7. The number of aromatic amines is 2. The van der Waals surface area contributed by atoms with E-state index >= 15 is 0 Å². The normalized spacial score (nSPS) is 16.9. The van der Waals surface area contributed by atoms with E-state index in [1.165, 1.54) is 45.0 Å². The highest BCUT2D eigenvalue weighted by Gasteiger charge is 2.41. The van der Waals surface area contributed by atoms with Gasteiger partial charge < -0.3 is 29.6 Å². The minimum absolute atomic E-state index is 0.287. The maximum atomic E-state index is 9.61. The van der Waals surface area contributed by atoms with Crippen molar-refractivity contribution < 1.29 is 10.0 Å². The molecule has 12 heteroatoms. The van der Waals surface area contributed by atoms with Crippen LogP contribution in [0.1, 0.15) is 81.8 Å². The van der Waals surface area contributed by atoms with Crippen LogP contribution in [0.3, 0.4) is 0 Å². The van der Waals surface area contributed by atoms with Crippen LogP contribution in [0, 0.1) is 11.8 Å².